The van der Waals surface area contributed by atoms with E-state index >= 15 is 0 Å². The fraction of sp³-hybridized carbons (Fsp3) is 0.583. The fourth-order valence-electron chi connectivity index (χ4n) is 2.57. The number of halogens is 2. The number of rotatable bonds is 3. The molecule has 1 fully saturated rings. The quantitative estimate of drug-likeness (QED) is 0.885. The summed E-state index contributed by atoms with van der Waals surface area (Å²) in [6.07, 6.45) is 4.55. The summed E-state index contributed by atoms with van der Waals surface area (Å²) in [5, 5.41) is 10.2. The number of H-pyrrole nitrogens is 1. The van der Waals surface area contributed by atoms with Gasteiger partial charge in [-0.05, 0) is 25.8 Å². The SMILES string of the molecule is FC1(F)CNCC[C@@H]1CCc1ncnc2[nH]ncc12. The van der Waals surface area contributed by atoms with Crippen LogP contribution in [-0.2, 0) is 6.42 Å². The highest BCUT2D eigenvalue weighted by Crippen LogP contribution is 2.33. The molecule has 7 heteroatoms. The van der Waals surface area contributed by atoms with Crippen molar-refractivity contribution in [2.24, 2.45) is 5.92 Å². The van der Waals surface area contributed by atoms with E-state index in [-0.39, 0.29) is 6.54 Å². The number of piperidine rings is 1. The number of aromatic nitrogens is 4. The van der Waals surface area contributed by atoms with Crippen LogP contribution in [0.25, 0.3) is 11.0 Å². The lowest BCUT2D eigenvalue weighted by Crippen LogP contribution is -2.46. The van der Waals surface area contributed by atoms with Crippen molar-refractivity contribution in [1.29, 1.82) is 0 Å². The van der Waals surface area contributed by atoms with E-state index in [1.165, 1.54) is 6.33 Å². The molecular formula is C12H15F2N5. The lowest BCUT2D eigenvalue weighted by Gasteiger charge is -2.31. The number of fused-ring (bicyclic) bond motifs is 1. The molecule has 0 radical (unpaired) electrons. The second-order valence-corrected chi connectivity index (χ2v) is 4.91. The van der Waals surface area contributed by atoms with Crippen molar-refractivity contribution in [3.63, 3.8) is 0 Å². The summed E-state index contributed by atoms with van der Waals surface area (Å²) in [6, 6.07) is 0. The van der Waals surface area contributed by atoms with E-state index < -0.39 is 11.8 Å². The smallest absolute Gasteiger partial charge is 0.263 e. The van der Waals surface area contributed by atoms with E-state index in [1.807, 2.05) is 0 Å². The number of hydrogen-bond acceptors (Lipinski definition) is 4. The van der Waals surface area contributed by atoms with E-state index in [4.69, 9.17) is 0 Å². The van der Waals surface area contributed by atoms with Gasteiger partial charge in [0.15, 0.2) is 5.65 Å². The molecule has 0 aliphatic carbocycles. The van der Waals surface area contributed by atoms with Crippen molar-refractivity contribution in [2.45, 2.75) is 25.2 Å². The van der Waals surface area contributed by atoms with Crippen LogP contribution in [0.2, 0.25) is 0 Å². The van der Waals surface area contributed by atoms with Crippen LogP contribution in [0.5, 0.6) is 0 Å². The molecule has 2 aromatic heterocycles. The van der Waals surface area contributed by atoms with Crippen molar-refractivity contribution >= 4 is 11.0 Å². The number of nitrogens with zero attached hydrogens (tertiary/aromatic N) is 3. The highest BCUT2D eigenvalue weighted by Gasteiger charge is 2.40. The minimum absolute atomic E-state index is 0.220. The van der Waals surface area contributed by atoms with Gasteiger partial charge in [-0.25, -0.2) is 18.7 Å². The lowest BCUT2D eigenvalue weighted by atomic mass is 9.89. The first-order valence-corrected chi connectivity index (χ1v) is 6.38. The van der Waals surface area contributed by atoms with Gasteiger partial charge >= 0.3 is 0 Å². The summed E-state index contributed by atoms with van der Waals surface area (Å²) in [4.78, 5) is 8.22. The Morgan fingerprint density at radius 1 is 1.37 bits per heavy atom. The molecule has 1 aliphatic heterocycles. The second-order valence-electron chi connectivity index (χ2n) is 4.91. The average molecular weight is 267 g/mol. The van der Waals surface area contributed by atoms with E-state index in [0.29, 0.717) is 31.5 Å². The normalized spacial score (nSPS) is 22.7. The highest BCUT2D eigenvalue weighted by atomic mass is 19.3. The van der Waals surface area contributed by atoms with Crippen LogP contribution in [0.4, 0.5) is 8.78 Å². The second kappa shape index (κ2) is 4.80. The molecule has 0 bridgehead atoms. The summed E-state index contributed by atoms with van der Waals surface area (Å²) in [5.41, 5.74) is 1.44. The van der Waals surface area contributed by atoms with Gasteiger partial charge < -0.3 is 5.32 Å². The molecule has 0 unspecified atom stereocenters. The minimum Gasteiger partial charge on any atom is -0.311 e. The van der Waals surface area contributed by atoms with Gasteiger partial charge in [0, 0.05) is 5.92 Å². The van der Waals surface area contributed by atoms with Crippen LogP contribution in [0.3, 0.4) is 0 Å². The van der Waals surface area contributed by atoms with Gasteiger partial charge in [0.1, 0.15) is 6.33 Å². The van der Waals surface area contributed by atoms with Crippen LogP contribution in [-0.4, -0.2) is 39.2 Å². The molecule has 5 nitrogen and oxygen atoms in total. The van der Waals surface area contributed by atoms with Crippen molar-refractivity contribution in [1.82, 2.24) is 25.5 Å². The Balaban J connectivity index is 1.73. The summed E-state index contributed by atoms with van der Waals surface area (Å²) in [5.74, 6) is -3.20. The van der Waals surface area contributed by atoms with E-state index in [9.17, 15) is 8.78 Å². The zero-order chi connectivity index (χ0) is 13.3. The van der Waals surface area contributed by atoms with E-state index in [0.717, 1.165) is 11.1 Å². The molecule has 0 saturated carbocycles. The molecule has 1 saturated heterocycles. The van der Waals surface area contributed by atoms with Crippen LogP contribution >= 0.6 is 0 Å². The van der Waals surface area contributed by atoms with Gasteiger partial charge in [-0.3, -0.25) is 5.10 Å². The van der Waals surface area contributed by atoms with Crippen molar-refractivity contribution in [2.75, 3.05) is 13.1 Å². The van der Waals surface area contributed by atoms with E-state index in [2.05, 4.69) is 25.5 Å². The number of hydrogen-bond donors (Lipinski definition) is 2. The molecule has 2 aromatic rings. The predicted molar refractivity (Wildman–Crippen MR) is 65.9 cm³/mol. The molecule has 1 atom stereocenters. The maximum atomic E-state index is 13.7. The summed E-state index contributed by atoms with van der Waals surface area (Å²) in [7, 11) is 0. The fourth-order valence-corrected chi connectivity index (χ4v) is 2.57. The maximum Gasteiger partial charge on any atom is 0.263 e. The number of alkyl halides is 2. The zero-order valence-corrected chi connectivity index (χ0v) is 10.4. The Labute approximate surface area is 108 Å². The van der Waals surface area contributed by atoms with Crippen LogP contribution < -0.4 is 5.32 Å². The molecule has 2 N–H and O–H groups in total. The minimum atomic E-state index is -2.62. The van der Waals surface area contributed by atoms with Gasteiger partial charge in [-0.15, -0.1) is 0 Å². The molecule has 0 aromatic carbocycles. The molecule has 19 heavy (non-hydrogen) atoms. The van der Waals surface area contributed by atoms with Crippen LogP contribution in [0.1, 0.15) is 18.5 Å². The molecule has 3 heterocycles. The Morgan fingerprint density at radius 3 is 3.11 bits per heavy atom. The third-order valence-electron chi connectivity index (χ3n) is 3.69. The topological polar surface area (TPSA) is 66.5 Å². The van der Waals surface area contributed by atoms with Crippen LogP contribution in [0.15, 0.2) is 12.5 Å². The van der Waals surface area contributed by atoms with Gasteiger partial charge in [0.05, 0.1) is 23.8 Å². The highest BCUT2D eigenvalue weighted by molar-refractivity contribution is 5.75. The molecule has 3 rings (SSSR count). The number of aromatic amines is 1. The first-order chi connectivity index (χ1) is 9.17. The predicted octanol–water partition coefficient (Wildman–Crippen LogP) is 1.53. The van der Waals surface area contributed by atoms with Gasteiger partial charge in [-0.1, -0.05) is 0 Å². The Hall–Kier alpha value is -1.63. The largest absolute Gasteiger partial charge is 0.311 e. The van der Waals surface area contributed by atoms with Gasteiger partial charge in [0.2, 0.25) is 0 Å². The molecule has 1 aliphatic rings. The number of nitrogens with one attached hydrogen (secondary N) is 2. The first-order valence-electron chi connectivity index (χ1n) is 6.38. The Bertz CT molecular complexity index is 568. The molecular weight excluding hydrogens is 252 g/mol. The summed E-state index contributed by atoms with van der Waals surface area (Å²) >= 11 is 0. The van der Waals surface area contributed by atoms with Crippen LogP contribution in [0, 0.1) is 5.92 Å². The Morgan fingerprint density at radius 2 is 2.26 bits per heavy atom. The third-order valence-corrected chi connectivity index (χ3v) is 3.69. The van der Waals surface area contributed by atoms with E-state index in [1.54, 1.807) is 6.20 Å². The molecule has 102 valence electrons. The summed E-state index contributed by atoms with van der Waals surface area (Å²) < 4.78 is 27.4. The lowest BCUT2D eigenvalue weighted by molar-refractivity contribution is -0.0757. The third kappa shape index (κ3) is 2.42. The van der Waals surface area contributed by atoms with Crippen molar-refractivity contribution in [3.05, 3.63) is 18.2 Å². The molecule has 0 spiro atoms. The molecule has 0 amide bonds. The zero-order valence-electron chi connectivity index (χ0n) is 10.4. The Kier molecular flexibility index (Phi) is 3.14. The standard InChI is InChI=1S/C12H15F2N5/c13-12(14)6-15-4-3-8(12)1-2-10-9-5-18-19-11(9)17-7-16-10/h5,7-8,15H,1-4,6H2,(H,16,17,18,19)/t8-/m0/s1. The van der Waals surface area contributed by atoms with Gasteiger partial charge in [-0.2, -0.15) is 5.10 Å². The van der Waals surface area contributed by atoms with Crippen molar-refractivity contribution in [3.8, 4) is 0 Å². The average Bonchev–Trinajstić information content (AvgIpc) is 2.86. The summed E-state index contributed by atoms with van der Waals surface area (Å²) in [6.45, 7) is 0.438. The monoisotopic (exact) mass is 267 g/mol. The maximum absolute atomic E-state index is 13.7. The van der Waals surface area contributed by atoms with Crippen molar-refractivity contribution < 1.29 is 8.78 Å². The van der Waals surface area contributed by atoms with Gasteiger partial charge in [0.25, 0.3) is 5.92 Å². The first kappa shape index (κ1) is 12.4. The number of aryl methyl sites for hydroxylation is 1.